The van der Waals surface area contributed by atoms with Crippen molar-refractivity contribution in [3.8, 4) is 0 Å². The summed E-state index contributed by atoms with van der Waals surface area (Å²) in [5.74, 6) is 0.707. The number of hydrogen-bond donors (Lipinski definition) is 2. The van der Waals surface area contributed by atoms with Gasteiger partial charge in [-0.15, -0.1) is 0 Å². The molecule has 1 saturated heterocycles. The highest BCUT2D eigenvalue weighted by Gasteiger charge is 2.22. The van der Waals surface area contributed by atoms with E-state index in [1.165, 1.54) is 0 Å². The molecular weight excluding hydrogens is 280 g/mol. The third kappa shape index (κ3) is 3.25. The highest BCUT2D eigenvalue weighted by molar-refractivity contribution is 5.90. The summed E-state index contributed by atoms with van der Waals surface area (Å²) in [6, 6.07) is 8.84. The van der Waals surface area contributed by atoms with Crippen molar-refractivity contribution in [2.24, 2.45) is 0 Å². The van der Waals surface area contributed by atoms with E-state index in [1.54, 1.807) is 35.5 Å². The quantitative estimate of drug-likeness (QED) is 0.819. The van der Waals surface area contributed by atoms with Gasteiger partial charge in [0.25, 0.3) is 0 Å². The van der Waals surface area contributed by atoms with Gasteiger partial charge in [0.05, 0.1) is 0 Å². The Kier molecular flexibility index (Phi) is 4.04. The number of aromatic nitrogens is 2. The Morgan fingerprint density at radius 1 is 1.09 bits per heavy atom. The molecule has 0 radical (unpaired) electrons. The van der Waals surface area contributed by atoms with E-state index in [0.717, 1.165) is 0 Å². The molecule has 1 aliphatic heterocycles. The second-order valence-corrected chi connectivity index (χ2v) is 5.08. The fourth-order valence-corrected chi connectivity index (χ4v) is 2.38. The minimum atomic E-state index is -0.112. The molecule has 22 heavy (non-hydrogen) atoms. The lowest BCUT2D eigenvalue weighted by molar-refractivity contribution is 0.208. The summed E-state index contributed by atoms with van der Waals surface area (Å²) in [6.07, 6.45) is 3.45. The minimum Gasteiger partial charge on any atom is -0.399 e. The predicted molar refractivity (Wildman–Crippen MR) is 85.7 cm³/mol. The number of amides is 2. The zero-order valence-electron chi connectivity index (χ0n) is 12.1. The van der Waals surface area contributed by atoms with E-state index in [4.69, 9.17) is 5.73 Å². The molecule has 0 unspecified atom stereocenters. The summed E-state index contributed by atoms with van der Waals surface area (Å²) < 4.78 is 0. The number of nitrogens with two attached hydrogens (primary N) is 1. The predicted octanol–water partition coefficient (Wildman–Crippen LogP) is 1.41. The Morgan fingerprint density at radius 3 is 2.50 bits per heavy atom. The molecule has 1 fully saturated rings. The third-order valence-corrected chi connectivity index (χ3v) is 3.54. The lowest BCUT2D eigenvalue weighted by Crippen LogP contribution is -2.50. The van der Waals surface area contributed by atoms with Gasteiger partial charge in [-0.2, -0.15) is 0 Å². The van der Waals surface area contributed by atoms with E-state index in [-0.39, 0.29) is 6.03 Å². The number of nitrogens with zero attached hydrogens (tertiary/aromatic N) is 4. The first kappa shape index (κ1) is 14.1. The minimum absolute atomic E-state index is 0.112. The average Bonchev–Trinajstić information content (AvgIpc) is 2.56. The van der Waals surface area contributed by atoms with Gasteiger partial charge in [-0.05, 0) is 24.3 Å². The van der Waals surface area contributed by atoms with Gasteiger partial charge in [0, 0.05) is 49.9 Å². The van der Waals surface area contributed by atoms with Crippen LogP contribution in [0.3, 0.4) is 0 Å². The molecule has 7 nitrogen and oxygen atoms in total. The number of carbonyl (C=O) groups is 1. The largest absolute Gasteiger partial charge is 0.399 e. The third-order valence-electron chi connectivity index (χ3n) is 3.54. The van der Waals surface area contributed by atoms with Gasteiger partial charge in [0.15, 0.2) is 0 Å². The smallest absolute Gasteiger partial charge is 0.321 e. The molecule has 1 aliphatic rings. The second kappa shape index (κ2) is 6.30. The number of rotatable bonds is 2. The van der Waals surface area contributed by atoms with Crippen LogP contribution < -0.4 is 16.0 Å². The fourth-order valence-electron chi connectivity index (χ4n) is 2.38. The van der Waals surface area contributed by atoms with Gasteiger partial charge in [-0.1, -0.05) is 6.07 Å². The molecule has 7 heteroatoms. The topological polar surface area (TPSA) is 87.4 Å². The number of nitrogen functional groups attached to an aromatic ring is 1. The normalized spacial score (nSPS) is 14.7. The maximum atomic E-state index is 12.2. The molecule has 3 N–H and O–H groups in total. The van der Waals surface area contributed by atoms with E-state index in [9.17, 15) is 4.79 Å². The molecule has 2 aromatic rings. The summed E-state index contributed by atoms with van der Waals surface area (Å²) in [4.78, 5) is 24.6. The van der Waals surface area contributed by atoms with Crippen LogP contribution in [-0.2, 0) is 0 Å². The summed E-state index contributed by atoms with van der Waals surface area (Å²) in [5, 5.41) is 2.86. The van der Waals surface area contributed by atoms with Crippen molar-refractivity contribution in [1.82, 2.24) is 14.9 Å². The van der Waals surface area contributed by atoms with E-state index < -0.39 is 0 Å². The summed E-state index contributed by atoms with van der Waals surface area (Å²) in [6.45, 7) is 2.70. The van der Waals surface area contributed by atoms with Gasteiger partial charge in [-0.3, -0.25) is 0 Å². The number of hydrogen-bond acceptors (Lipinski definition) is 5. The maximum Gasteiger partial charge on any atom is 0.321 e. The van der Waals surface area contributed by atoms with Crippen LogP contribution in [0.2, 0.25) is 0 Å². The average molecular weight is 298 g/mol. The zero-order chi connectivity index (χ0) is 15.4. The molecule has 114 valence electrons. The first-order valence-electron chi connectivity index (χ1n) is 7.16. The molecule has 0 atom stereocenters. The van der Waals surface area contributed by atoms with Crippen LogP contribution in [0.1, 0.15) is 0 Å². The van der Waals surface area contributed by atoms with Gasteiger partial charge in [-0.25, -0.2) is 14.8 Å². The second-order valence-electron chi connectivity index (χ2n) is 5.08. The van der Waals surface area contributed by atoms with E-state index in [2.05, 4.69) is 20.2 Å². The number of nitrogens with one attached hydrogen (secondary N) is 1. The Labute approximate surface area is 128 Å². The Morgan fingerprint density at radius 2 is 1.82 bits per heavy atom. The van der Waals surface area contributed by atoms with Gasteiger partial charge >= 0.3 is 6.03 Å². The fraction of sp³-hybridized carbons (Fsp3) is 0.267. The van der Waals surface area contributed by atoms with Crippen LogP contribution in [0.25, 0.3) is 0 Å². The number of carbonyl (C=O) groups excluding carboxylic acids is 1. The molecule has 2 heterocycles. The molecule has 2 amide bonds. The van der Waals surface area contributed by atoms with Crippen LogP contribution >= 0.6 is 0 Å². The Bertz CT molecular complexity index is 639. The number of urea groups is 1. The standard InChI is InChI=1S/C15H18N6O/c16-12-3-1-4-13(11-12)19-15(22)21-9-7-20(8-10-21)14-17-5-2-6-18-14/h1-6,11H,7-10,16H2,(H,19,22). The number of piperazine rings is 1. The van der Waals surface area contributed by atoms with Crippen molar-refractivity contribution < 1.29 is 4.79 Å². The molecule has 3 rings (SSSR count). The molecular formula is C15H18N6O. The monoisotopic (exact) mass is 298 g/mol. The van der Waals surface area contributed by atoms with Crippen molar-refractivity contribution in [3.63, 3.8) is 0 Å². The lowest BCUT2D eigenvalue weighted by atomic mass is 10.3. The first-order valence-corrected chi connectivity index (χ1v) is 7.16. The van der Waals surface area contributed by atoms with Crippen LogP contribution in [0.15, 0.2) is 42.7 Å². The van der Waals surface area contributed by atoms with Gasteiger partial charge < -0.3 is 20.9 Å². The van der Waals surface area contributed by atoms with Crippen LogP contribution in [0.5, 0.6) is 0 Å². The highest BCUT2D eigenvalue weighted by Crippen LogP contribution is 2.14. The van der Waals surface area contributed by atoms with Crippen molar-refractivity contribution in [3.05, 3.63) is 42.7 Å². The van der Waals surface area contributed by atoms with Crippen LogP contribution in [0, 0.1) is 0 Å². The number of benzene rings is 1. The Balaban J connectivity index is 1.56. The maximum absolute atomic E-state index is 12.2. The van der Waals surface area contributed by atoms with E-state index in [0.29, 0.717) is 43.5 Å². The summed E-state index contributed by atoms with van der Waals surface area (Å²) in [5.41, 5.74) is 7.05. The van der Waals surface area contributed by atoms with Crippen LogP contribution in [-0.4, -0.2) is 47.1 Å². The highest BCUT2D eigenvalue weighted by atomic mass is 16.2. The van der Waals surface area contributed by atoms with Crippen molar-refractivity contribution >= 4 is 23.4 Å². The molecule has 0 bridgehead atoms. The SMILES string of the molecule is Nc1cccc(NC(=O)N2CCN(c3ncccn3)CC2)c1. The molecule has 0 spiro atoms. The molecule has 0 saturated carbocycles. The van der Waals surface area contributed by atoms with Crippen LogP contribution in [0.4, 0.5) is 22.1 Å². The lowest BCUT2D eigenvalue weighted by Gasteiger charge is -2.34. The van der Waals surface area contributed by atoms with Crippen molar-refractivity contribution in [2.75, 3.05) is 42.1 Å². The zero-order valence-corrected chi connectivity index (χ0v) is 12.1. The van der Waals surface area contributed by atoms with Gasteiger partial charge in [0.2, 0.25) is 5.95 Å². The van der Waals surface area contributed by atoms with Crippen molar-refractivity contribution in [2.45, 2.75) is 0 Å². The van der Waals surface area contributed by atoms with E-state index >= 15 is 0 Å². The van der Waals surface area contributed by atoms with Crippen molar-refractivity contribution in [1.29, 1.82) is 0 Å². The summed E-state index contributed by atoms with van der Waals surface area (Å²) in [7, 11) is 0. The molecule has 1 aromatic heterocycles. The van der Waals surface area contributed by atoms with Gasteiger partial charge in [0.1, 0.15) is 0 Å². The molecule has 0 aliphatic carbocycles. The first-order chi connectivity index (χ1) is 10.7. The van der Waals surface area contributed by atoms with E-state index in [1.807, 2.05) is 12.1 Å². The molecule has 1 aromatic carbocycles. The number of anilines is 3. The Hall–Kier alpha value is -2.83. The summed E-state index contributed by atoms with van der Waals surface area (Å²) >= 11 is 0.